The number of benzene rings is 2. The predicted molar refractivity (Wildman–Crippen MR) is 118 cm³/mol. The fourth-order valence-electron chi connectivity index (χ4n) is 3.45. The minimum atomic E-state index is -0.126. The lowest BCUT2D eigenvalue weighted by atomic mass is 9.87. The van der Waals surface area contributed by atoms with E-state index in [-0.39, 0.29) is 5.54 Å². The van der Waals surface area contributed by atoms with E-state index in [0.29, 0.717) is 0 Å². The zero-order chi connectivity index (χ0) is 19.4. The Kier molecular flexibility index (Phi) is 5.85. The molecule has 1 N–H and O–H groups in total. The summed E-state index contributed by atoms with van der Waals surface area (Å²) in [6.45, 7) is 8.23. The normalized spacial score (nSPS) is 14.6. The Morgan fingerprint density at radius 3 is 2.56 bits per heavy atom. The summed E-state index contributed by atoms with van der Waals surface area (Å²) in [7, 11) is 3.39. The number of rotatable bonds is 7. The molecule has 4 heteroatoms. The van der Waals surface area contributed by atoms with Crippen LogP contribution in [0.2, 0.25) is 0 Å². The Bertz CT molecular complexity index is 871. The molecule has 0 aliphatic carbocycles. The zero-order valence-corrected chi connectivity index (χ0v) is 17.3. The number of ether oxygens (including phenoxy) is 2. The van der Waals surface area contributed by atoms with Gasteiger partial charge in [0.05, 0.1) is 25.4 Å². The van der Waals surface area contributed by atoms with E-state index < -0.39 is 0 Å². The third-order valence-corrected chi connectivity index (χ3v) is 5.57. The van der Waals surface area contributed by atoms with E-state index in [1.807, 2.05) is 36.0 Å². The Balaban J connectivity index is 2.13. The van der Waals surface area contributed by atoms with Crippen LogP contribution in [0.25, 0.3) is 16.7 Å². The summed E-state index contributed by atoms with van der Waals surface area (Å²) in [5.74, 6) is 3.56. The summed E-state index contributed by atoms with van der Waals surface area (Å²) in [6.07, 6.45) is 4.29. The summed E-state index contributed by atoms with van der Waals surface area (Å²) in [6, 6.07) is 12.4. The van der Waals surface area contributed by atoms with Gasteiger partial charge in [0.2, 0.25) is 0 Å². The number of nitrogens with one attached hydrogen (secondary N) is 1. The zero-order valence-electron chi connectivity index (χ0n) is 16.5. The van der Waals surface area contributed by atoms with Crippen LogP contribution in [0.3, 0.4) is 0 Å². The number of hydrogen-bond donors (Lipinski definition) is 1. The molecule has 0 saturated carbocycles. The van der Waals surface area contributed by atoms with Crippen LogP contribution in [0.15, 0.2) is 55.1 Å². The van der Waals surface area contributed by atoms with Crippen molar-refractivity contribution in [3.05, 3.63) is 60.7 Å². The first-order chi connectivity index (χ1) is 13.0. The number of para-hydroxylation sites is 1. The van der Waals surface area contributed by atoms with Crippen molar-refractivity contribution in [2.75, 3.05) is 31.0 Å². The number of anilines is 1. The molecule has 0 fully saturated rings. The fourth-order valence-corrected chi connectivity index (χ4v) is 4.19. The number of hydrogen-bond acceptors (Lipinski definition) is 4. The molecule has 1 aliphatic rings. The maximum absolute atomic E-state index is 5.64. The second-order valence-corrected chi connectivity index (χ2v) is 8.14. The lowest BCUT2D eigenvalue weighted by Crippen LogP contribution is -2.32. The van der Waals surface area contributed by atoms with Gasteiger partial charge in [-0.25, -0.2) is 0 Å². The predicted octanol–water partition coefficient (Wildman–Crippen LogP) is 5.88. The summed E-state index contributed by atoms with van der Waals surface area (Å²) in [5.41, 5.74) is 5.76. The monoisotopic (exact) mass is 381 g/mol. The lowest BCUT2D eigenvalue weighted by molar-refractivity contribution is 0.404. The summed E-state index contributed by atoms with van der Waals surface area (Å²) >= 11 is 1.88. The fraction of sp³-hybridized carbons (Fsp3) is 0.304. The van der Waals surface area contributed by atoms with Crippen LogP contribution in [0.5, 0.6) is 11.5 Å². The van der Waals surface area contributed by atoms with Crippen LogP contribution < -0.4 is 14.8 Å². The highest BCUT2D eigenvalue weighted by Crippen LogP contribution is 2.44. The van der Waals surface area contributed by atoms with Crippen LogP contribution >= 0.6 is 11.8 Å². The second kappa shape index (κ2) is 8.13. The van der Waals surface area contributed by atoms with E-state index in [2.05, 4.69) is 50.0 Å². The van der Waals surface area contributed by atoms with Gasteiger partial charge in [-0.1, -0.05) is 30.4 Å². The molecule has 3 nitrogen and oxygen atoms in total. The third kappa shape index (κ3) is 4.16. The van der Waals surface area contributed by atoms with Gasteiger partial charge in [0, 0.05) is 28.2 Å². The van der Waals surface area contributed by atoms with Crippen LogP contribution in [0.4, 0.5) is 5.69 Å². The maximum atomic E-state index is 5.64. The molecule has 0 saturated heterocycles. The van der Waals surface area contributed by atoms with Gasteiger partial charge >= 0.3 is 0 Å². The van der Waals surface area contributed by atoms with E-state index in [1.54, 1.807) is 14.2 Å². The molecule has 1 heterocycles. The van der Waals surface area contributed by atoms with Gasteiger partial charge in [-0.2, -0.15) is 11.8 Å². The first kappa shape index (κ1) is 19.4. The molecule has 2 aromatic rings. The Labute approximate surface area is 166 Å². The number of methoxy groups -OCH3 is 2. The minimum absolute atomic E-state index is 0.126. The van der Waals surface area contributed by atoms with Gasteiger partial charge in [0.25, 0.3) is 0 Å². The molecule has 0 spiro atoms. The number of thioether (sulfide) groups is 1. The summed E-state index contributed by atoms with van der Waals surface area (Å²) in [5, 5.41) is 3.71. The lowest BCUT2D eigenvalue weighted by Gasteiger charge is -2.34. The molecule has 0 unspecified atom stereocenters. The SMILES string of the molecule is C=CCSCC1=CC(C)(C)Nc2c1cccc2-c1cc(OC)ccc1OC. The summed E-state index contributed by atoms with van der Waals surface area (Å²) < 4.78 is 11.1. The van der Waals surface area contributed by atoms with Crippen molar-refractivity contribution in [1.29, 1.82) is 0 Å². The van der Waals surface area contributed by atoms with Crippen LogP contribution in [-0.2, 0) is 0 Å². The molecule has 27 heavy (non-hydrogen) atoms. The quantitative estimate of drug-likeness (QED) is 0.479. The van der Waals surface area contributed by atoms with Crippen molar-refractivity contribution in [2.45, 2.75) is 19.4 Å². The van der Waals surface area contributed by atoms with Crippen molar-refractivity contribution in [1.82, 2.24) is 0 Å². The van der Waals surface area contributed by atoms with Gasteiger partial charge in [-0.15, -0.1) is 6.58 Å². The van der Waals surface area contributed by atoms with Crippen molar-refractivity contribution in [3.63, 3.8) is 0 Å². The first-order valence-electron chi connectivity index (χ1n) is 9.03. The van der Waals surface area contributed by atoms with Crippen LogP contribution in [-0.4, -0.2) is 31.3 Å². The Morgan fingerprint density at radius 2 is 1.85 bits per heavy atom. The van der Waals surface area contributed by atoms with E-state index in [1.165, 1.54) is 11.1 Å². The molecule has 0 bridgehead atoms. The molecule has 142 valence electrons. The van der Waals surface area contributed by atoms with E-state index in [0.717, 1.165) is 39.8 Å². The van der Waals surface area contributed by atoms with Gasteiger partial charge in [0.15, 0.2) is 0 Å². The molecule has 0 atom stereocenters. The van der Waals surface area contributed by atoms with Gasteiger partial charge in [0.1, 0.15) is 11.5 Å². The van der Waals surface area contributed by atoms with E-state index in [4.69, 9.17) is 9.47 Å². The second-order valence-electron chi connectivity index (χ2n) is 7.11. The first-order valence-corrected chi connectivity index (χ1v) is 10.2. The Morgan fingerprint density at radius 1 is 1.07 bits per heavy atom. The average Bonchev–Trinajstić information content (AvgIpc) is 2.66. The highest BCUT2D eigenvalue weighted by molar-refractivity contribution is 7.99. The topological polar surface area (TPSA) is 30.5 Å². The van der Waals surface area contributed by atoms with Crippen molar-refractivity contribution in [2.24, 2.45) is 0 Å². The highest BCUT2D eigenvalue weighted by Gasteiger charge is 2.27. The van der Waals surface area contributed by atoms with Crippen molar-refractivity contribution >= 4 is 23.0 Å². The van der Waals surface area contributed by atoms with Gasteiger partial charge < -0.3 is 14.8 Å². The van der Waals surface area contributed by atoms with E-state index in [9.17, 15) is 0 Å². The van der Waals surface area contributed by atoms with Crippen LogP contribution in [0.1, 0.15) is 19.4 Å². The smallest absolute Gasteiger partial charge is 0.127 e. The molecular formula is C23H27NO2S. The molecule has 1 aliphatic heterocycles. The van der Waals surface area contributed by atoms with Gasteiger partial charge in [-0.05, 0) is 37.6 Å². The molecular weight excluding hydrogens is 354 g/mol. The summed E-state index contributed by atoms with van der Waals surface area (Å²) in [4.78, 5) is 0. The molecule has 0 aromatic heterocycles. The van der Waals surface area contributed by atoms with Crippen molar-refractivity contribution < 1.29 is 9.47 Å². The van der Waals surface area contributed by atoms with Gasteiger partial charge in [-0.3, -0.25) is 0 Å². The molecule has 0 amide bonds. The number of fused-ring (bicyclic) bond motifs is 1. The van der Waals surface area contributed by atoms with Crippen LogP contribution in [0, 0.1) is 0 Å². The Hall–Kier alpha value is -2.33. The minimum Gasteiger partial charge on any atom is -0.497 e. The van der Waals surface area contributed by atoms with E-state index >= 15 is 0 Å². The molecule has 2 aromatic carbocycles. The van der Waals surface area contributed by atoms with Crippen molar-refractivity contribution in [3.8, 4) is 22.6 Å². The standard InChI is InChI=1S/C23H27NO2S/c1-6-12-27-15-16-14-23(2,3)24-22-18(16)8-7-9-19(22)20-13-17(25-4)10-11-21(20)26-5/h6-11,13-14,24H,1,12,15H2,2-5H3. The molecule has 3 rings (SSSR count). The largest absolute Gasteiger partial charge is 0.497 e. The third-order valence-electron chi connectivity index (χ3n) is 4.58. The maximum Gasteiger partial charge on any atom is 0.127 e. The highest BCUT2D eigenvalue weighted by atomic mass is 32.2. The average molecular weight is 382 g/mol. The molecule has 0 radical (unpaired) electrons.